The van der Waals surface area contributed by atoms with Gasteiger partial charge in [-0.25, -0.2) is 4.39 Å². The van der Waals surface area contributed by atoms with Gasteiger partial charge in [-0.15, -0.1) is 0 Å². The number of nitrogens with two attached hydrogens (primary N) is 1. The quantitative estimate of drug-likeness (QED) is 0.872. The second kappa shape index (κ2) is 6.16. The zero-order chi connectivity index (χ0) is 13.9. The molecular formula is C14H24FN3. The summed E-state index contributed by atoms with van der Waals surface area (Å²) in [7, 11) is 6.09. The van der Waals surface area contributed by atoms with Gasteiger partial charge < -0.3 is 15.5 Å². The Kier molecular flexibility index (Phi) is 5.11. The molecule has 0 aliphatic heterocycles. The van der Waals surface area contributed by atoms with E-state index in [1.54, 1.807) is 13.0 Å². The molecule has 1 rings (SSSR count). The molecule has 0 saturated carbocycles. The van der Waals surface area contributed by atoms with Crippen LogP contribution in [0.4, 0.5) is 10.1 Å². The van der Waals surface area contributed by atoms with E-state index in [1.165, 1.54) is 0 Å². The predicted octanol–water partition coefficient (Wildman–Crippen LogP) is 2.15. The van der Waals surface area contributed by atoms with Gasteiger partial charge in [-0.3, -0.25) is 0 Å². The maximum atomic E-state index is 13.6. The molecule has 18 heavy (non-hydrogen) atoms. The molecule has 3 nitrogen and oxygen atoms in total. The standard InChI is InChI=1S/C14H24FN3/c1-10-8-14(18(5)7-6-17(3)4)12(11(2)16)9-13(10)15/h8-9,11H,6-7,16H2,1-5H3/t11-/m0/s1. The number of halogens is 1. The number of anilines is 1. The van der Waals surface area contributed by atoms with E-state index in [9.17, 15) is 4.39 Å². The summed E-state index contributed by atoms with van der Waals surface area (Å²) in [6, 6.07) is 3.27. The van der Waals surface area contributed by atoms with Gasteiger partial charge in [0.15, 0.2) is 0 Å². The highest BCUT2D eigenvalue weighted by Crippen LogP contribution is 2.27. The van der Waals surface area contributed by atoms with Crippen molar-refractivity contribution in [2.24, 2.45) is 5.73 Å². The van der Waals surface area contributed by atoms with Crippen molar-refractivity contribution in [3.8, 4) is 0 Å². The molecule has 0 radical (unpaired) electrons. The van der Waals surface area contributed by atoms with Gasteiger partial charge in [-0.1, -0.05) is 0 Å². The molecule has 0 saturated heterocycles. The molecule has 0 spiro atoms. The lowest BCUT2D eigenvalue weighted by atomic mass is 10.0. The Bertz CT molecular complexity index is 402. The molecule has 102 valence electrons. The van der Waals surface area contributed by atoms with E-state index in [2.05, 4.69) is 9.80 Å². The van der Waals surface area contributed by atoms with Gasteiger partial charge in [0.1, 0.15) is 5.82 Å². The van der Waals surface area contributed by atoms with Crippen LogP contribution in [0.15, 0.2) is 12.1 Å². The van der Waals surface area contributed by atoms with Crippen LogP contribution in [0.1, 0.15) is 24.1 Å². The molecular weight excluding hydrogens is 229 g/mol. The third-order valence-electron chi connectivity index (χ3n) is 3.09. The minimum Gasteiger partial charge on any atom is -0.373 e. The predicted molar refractivity (Wildman–Crippen MR) is 75.6 cm³/mol. The zero-order valence-corrected chi connectivity index (χ0v) is 12.0. The average Bonchev–Trinajstić information content (AvgIpc) is 2.28. The third-order valence-corrected chi connectivity index (χ3v) is 3.09. The van der Waals surface area contributed by atoms with Crippen LogP contribution < -0.4 is 10.6 Å². The maximum Gasteiger partial charge on any atom is 0.126 e. The van der Waals surface area contributed by atoms with Crippen LogP contribution in [0.25, 0.3) is 0 Å². The Balaban J connectivity index is 3.02. The summed E-state index contributed by atoms with van der Waals surface area (Å²) in [5, 5.41) is 0. The topological polar surface area (TPSA) is 32.5 Å². The highest BCUT2D eigenvalue weighted by Gasteiger charge is 2.14. The SMILES string of the molecule is Cc1cc(N(C)CCN(C)C)c([C@H](C)N)cc1F. The van der Waals surface area contributed by atoms with E-state index in [4.69, 9.17) is 5.73 Å². The Hall–Kier alpha value is -1.13. The molecule has 1 aromatic rings. The smallest absolute Gasteiger partial charge is 0.126 e. The molecule has 0 bridgehead atoms. The van der Waals surface area contributed by atoms with Crippen LogP contribution in [0.5, 0.6) is 0 Å². The van der Waals surface area contributed by atoms with Crippen LogP contribution >= 0.6 is 0 Å². The lowest BCUT2D eigenvalue weighted by molar-refractivity contribution is 0.416. The molecule has 0 aliphatic carbocycles. The monoisotopic (exact) mass is 253 g/mol. The fourth-order valence-electron chi connectivity index (χ4n) is 1.85. The van der Waals surface area contributed by atoms with Gasteiger partial charge in [0.25, 0.3) is 0 Å². The molecule has 2 N–H and O–H groups in total. The van der Waals surface area contributed by atoms with Crippen LogP contribution in [0.2, 0.25) is 0 Å². The lowest BCUT2D eigenvalue weighted by Gasteiger charge is -2.26. The van der Waals surface area contributed by atoms with Crippen molar-refractivity contribution in [2.45, 2.75) is 19.9 Å². The van der Waals surface area contributed by atoms with Crippen LogP contribution in [-0.4, -0.2) is 39.1 Å². The second-order valence-electron chi connectivity index (χ2n) is 5.17. The van der Waals surface area contributed by atoms with Gasteiger partial charge in [0, 0.05) is 31.9 Å². The third kappa shape index (κ3) is 3.68. The van der Waals surface area contributed by atoms with E-state index in [1.807, 2.05) is 34.1 Å². The zero-order valence-electron chi connectivity index (χ0n) is 12.0. The number of nitrogens with zero attached hydrogens (tertiary/aromatic N) is 2. The van der Waals surface area contributed by atoms with Gasteiger partial charge in [0.05, 0.1) is 0 Å². The molecule has 0 unspecified atom stereocenters. The molecule has 4 heteroatoms. The van der Waals surface area contributed by atoms with Gasteiger partial charge in [-0.2, -0.15) is 0 Å². The molecule has 0 heterocycles. The summed E-state index contributed by atoms with van der Waals surface area (Å²) in [6.45, 7) is 5.50. The van der Waals surface area contributed by atoms with E-state index in [0.29, 0.717) is 5.56 Å². The van der Waals surface area contributed by atoms with Gasteiger partial charge in [-0.05, 0) is 51.2 Å². The highest BCUT2D eigenvalue weighted by molar-refractivity contribution is 5.56. The van der Waals surface area contributed by atoms with Crippen molar-refractivity contribution in [1.82, 2.24) is 4.90 Å². The highest BCUT2D eigenvalue weighted by atomic mass is 19.1. The van der Waals surface area contributed by atoms with Crippen molar-refractivity contribution in [3.05, 3.63) is 29.1 Å². The van der Waals surface area contributed by atoms with Crippen molar-refractivity contribution >= 4 is 5.69 Å². The molecule has 1 atom stereocenters. The molecule has 0 fully saturated rings. The first-order chi connectivity index (χ1) is 8.32. The number of hydrogen-bond donors (Lipinski definition) is 1. The summed E-state index contributed by atoms with van der Waals surface area (Å²) in [5.74, 6) is -0.188. The van der Waals surface area contributed by atoms with E-state index in [-0.39, 0.29) is 11.9 Å². The molecule has 0 amide bonds. The maximum absolute atomic E-state index is 13.6. The van der Waals surface area contributed by atoms with Crippen LogP contribution in [-0.2, 0) is 0 Å². The van der Waals surface area contributed by atoms with Crippen molar-refractivity contribution in [3.63, 3.8) is 0 Å². The normalized spacial score (nSPS) is 12.9. The Morgan fingerprint density at radius 1 is 1.22 bits per heavy atom. The summed E-state index contributed by atoms with van der Waals surface area (Å²) in [6.07, 6.45) is 0. The lowest BCUT2D eigenvalue weighted by Crippen LogP contribution is -2.29. The van der Waals surface area contributed by atoms with E-state index >= 15 is 0 Å². The summed E-state index contributed by atoms with van der Waals surface area (Å²) in [4.78, 5) is 4.25. The summed E-state index contributed by atoms with van der Waals surface area (Å²) in [5.41, 5.74) is 8.46. The fraction of sp³-hybridized carbons (Fsp3) is 0.571. The van der Waals surface area contributed by atoms with Crippen LogP contribution in [0, 0.1) is 12.7 Å². The first-order valence-corrected chi connectivity index (χ1v) is 6.24. The van der Waals surface area contributed by atoms with Crippen molar-refractivity contribution < 1.29 is 4.39 Å². The molecule has 0 aliphatic rings. The number of hydrogen-bond acceptors (Lipinski definition) is 3. The molecule has 1 aromatic carbocycles. The minimum absolute atomic E-state index is 0.170. The second-order valence-corrected chi connectivity index (χ2v) is 5.17. The largest absolute Gasteiger partial charge is 0.373 e. The van der Waals surface area contributed by atoms with Gasteiger partial charge >= 0.3 is 0 Å². The summed E-state index contributed by atoms with van der Waals surface area (Å²) < 4.78 is 13.6. The first kappa shape index (κ1) is 14.9. The average molecular weight is 253 g/mol. The number of aryl methyl sites for hydroxylation is 1. The van der Waals surface area contributed by atoms with Crippen molar-refractivity contribution in [1.29, 1.82) is 0 Å². The Morgan fingerprint density at radius 3 is 2.33 bits per heavy atom. The molecule has 0 aromatic heterocycles. The van der Waals surface area contributed by atoms with E-state index < -0.39 is 0 Å². The fourth-order valence-corrected chi connectivity index (χ4v) is 1.85. The number of rotatable bonds is 5. The Labute approximate surface area is 109 Å². The minimum atomic E-state index is -0.188. The Morgan fingerprint density at radius 2 is 1.83 bits per heavy atom. The van der Waals surface area contributed by atoms with Crippen LogP contribution in [0.3, 0.4) is 0 Å². The van der Waals surface area contributed by atoms with E-state index in [0.717, 1.165) is 24.3 Å². The number of likely N-dealkylation sites (N-methyl/N-ethyl adjacent to an activating group) is 2. The number of benzene rings is 1. The van der Waals surface area contributed by atoms with Crippen molar-refractivity contribution in [2.75, 3.05) is 39.1 Å². The first-order valence-electron chi connectivity index (χ1n) is 6.24. The van der Waals surface area contributed by atoms with Gasteiger partial charge in [0.2, 0.25) is 0 Å². The summed E-state index contributed by atoms with van der Waals surface area (Å²) >= 11 is 0.